The van der Waals surface area contributed by atoms with E-state index in [-0.39, 0.29) is 11.9 Å². The third-order valence-electron chi connectivity index (χ3n) is 4.19. The molecular formula is C12H19N3O4. The summed E-state index contributed by atoms with van der Waals surface area (Å²) in [5.41, 5.74) is 4.09. The highest BCUT2D eigenvalue weighted by Crippen LogP contribution is 2.31. The lowest BCUT2D eigenvalue weighted by molar-refractivity contribution is -0.147. The molecule has 0 aromatic heterocycles. The first kappa shape index (κ1) is 13.6. The molecule has 0 aromatic carbocycles. The lowest BCUT2D eigenvalue weighted by atomic mass is 10.00. The fraction of sp³-hybridized carbons (Fsp3) is 0.750. The largest absolute Gasteiger partial charge is 0.480 e. The van der Waals surface area contributed by atoms with E-state index in [1.54, 1.807) is 6.92 Å². The highest BCUT2D eigenvalue weighted by molar-refractivity contribution is 5.87. The van der Waals surface area contributed by atoms with Crippen molar-refractivity contribution < 1.29 is 19.5 Å². The summed E-state index contributed by atoms with van der Waals surface area (Å²) in [7, 11) is 0. The summed E-state index contributed by atoms with van der Waals surface area (Å²) in [6.07, 6.45) is 1.70. The topological polar surface area (TPSA) is 104 Å². The molecule has 106 valence electrons. The molecule has 3 N–H and O–H groups in total. The number of rotatable bonds is 2. The van der Waals surface area contributed by atoms with Gasteiger partial charge in [-0.1, -0.05) is 0 Å². The number of carbonyl (C=O) groups is 3. The maximum Gasteiger partial charge on any atom is 0.329 e. The molecular weight excluding hydrogens is 250 g/mol. The molecule has 0 aromatic rings. The van der Waals surface area contributed by atoms with Crippen molar-refractivity contribution >= 4 is 17.9 Å². The van der Waals surface area contributed by atoms with E-state index in [0.29, 0.717) is 38.9 Å². The quantitative estimate of drug-likeness (QED) is 0.727. The van der Waals surface area contributed by atoms with E-state index in [1.165, 1.54) is 9.80 Å². The third-order valence-corrected chi connectivity index (χ3v) is 4.19. The fourth-order valence-electron chi connectivity index (χ4n) is 2.83. The van der Waals surface area contributed by atoms with Crippen LogP contribution < -0.4 is 5.73 Å². The van der Waals surface area contributed by atoms with Crippen LogP contribution in [-0.2, 0) is 9.59 Å². The lowest BCUT2D eigenvalue weighted by Gasteiger charge is -2.34. The van der Waals surface area contributed by atoms with Crippen LogP contribution in [0.1, 0.15) is 26.2 Å². The number of nitrogens with two attached hydrogens (primary N) is 1. The van der Waals surface area contributed by atoms with Crippen molar-refractivity contribution in [3.05, 3.63) is 0 Å². The molecule has 0 saturated carbocycles. The average Bonchev–Trinajstić information content (AvgIpc) is 2.95. The van der Waals surface area contributed by atoms with Crippen LogP contribution in [0.4, 0.5) is 4.79 Å². The molecule has 2 saturated heterocycles. The number of carbonyl (C=O) groups excluding carboxylic acids is 2. The minimum absolute atomic E-state index is 0.292. The van der Waals surface area contributed by atoms with Gasteiger partial charge in [0.25, 0.3) is 0 Å². The molecule has 0 radical (unpaired) electrons. The van der Waals surface area contributed by atoms with Crippen LogP contribution in [0.25, 0.3) is 0 Å². The average molecular weight is 269 g/mol. The van der Waals surface area contributed by atoms with Gasteiger partial charge in [-0.15, -0.1) is 0 Å². The minimum atomic E-state index is -1.14. The van der Waals surface area contributed by atoms with Crippen molar-refractivity contribution in [3.8, 4) is 0 Å². The van der Waals surface area contributed by atoms with Crippen LogP contribution in [0, 0.1) is 5.92 Å². The highest BCUT2D eigenvalue weighted by Gasteiger charge is 2.48. The van der Waals surface area contributed by atoms with Gasteiger partial charge >= 0.3 is 12.0 Å². The second-order valence-corrected chi connectivity index (χ2v) is 5.45. The van der Waals surface area contributed by atoms with Crippen LogP contribution in [0.5, 0.6) is 0 Å². The Labute approximate surface area is 111 Å². The Balaban J connectivity index is 2.08. The lowest BCUT2D eigenvalue weighted by Crippen LogP contribution is -2.54. The predicted octanol–water partition coefficient (Wildman–Crippen LogP) is -0.147. The number of carboxylic acid groups (broad SMARTS) is 1. The van der Waals surface area contributed by atoms with Crippen molar-refractivity contribution in [1.82, 2.24) is 9.80 Å². The third kappa shape index (κ3) is 2.24. The van der Waals surface area contributed by atoms with Crippen LogP contribution in [0.3, 0.4) is 0 Å². The minimum Gasteiger partial charge on any atom is -0.480 e. The van der Waals surface area contributed by atoms with Crippen molar-refractivity contribution in [1.29, 1.82) is 0 Å². The maximum absolute atomic E-state index is 12.4. The highest BCUT2D eigenvalue weighted by atomic mass is 16.4. The Morgan fingerprint density at radius 3 is 2.53 bits per heavy atom. The number of likely N-dealkylation sites (tertiary alicyclic amines) is 2. The molecule has 2 rings (SSSR count). The van der Waals surface area contributed by atoms with E-state index in [0.717, 1.165) is 0 Å². The molecule has 0 bridgehead atoms. The number of hydrogen-bond donors (Lipinski definition) is 2. The standard InChI is InChI=1S/C12H19N3O4/c1-12(10(17)18)4-2-5-15(12)11(19)14-6-3-8(7-14)9(13)16/h8H,2-7H2,1H3,(H2,13,16)(H,17,18). The van der Waals surface area contributed by atoms with Crippen LogP contribution >= 0.6 is 0 Å². The molecule has 2 unspecified atom stereocenters. The summed E-state index contributed by atoms with van der Waals surface area (Å²) in [6.45, 7) is 2.76. The second kappa shape index (κ2) is 4.71. The van der Waals surface area contributed by atoms with E-state index >= 15 is 0 Å². The van der Waals surface area contributed by atoms with Gasteiger partial charge in [0.1, 0.15) is 5.54 Å². The molecule has 7 nitrogen and oxygen atoms in total. The van der Waals surface area contributed by atoms with E-state index < -0.39 is 17.4 Å². The summed E-state index contributed by atoms with van der Waals surface area (Å²) in [4.78, 5) is 37.7. The second-order valence-electron chi connectivity index (χ2n) is 5.45. The van der Waals surface area contributed by atoms with Gasteiger partial charge in [-0.2, -0.15) is 0 Å². The van der Waals surface area contributed by atoms with E-state index in [9.17, 15) is 19.5 Å². The Morgan fingerprint density at radius 2 is 2.00 bits per heavy atom. The predicted molar refractivity (Wildman–Crippen MR) is 66.3 cm³/mol. The Hall–Kier alpha value is -1.79. The SMILES string of the molecule is CC1(C(=O)O)CCCN1C(=O)N1CCC(C(N)=O)C1. The molecule has 0 aliphatic carbocycles. The summed E-state index contributed by atoms with van der Waals surface area (Å²) in [6, 6.07) is -0.300. The zero-order valence-electron chi connectivity index (χ0n) is 11.0. The van der Waals surface area contributed by atoms with Gasteiger partial charge in [-0.05, 0) is 26.2 Å². The number of amides is 3. The molecule has 2 aliphatic rings. The van der Waals surface area contributed by atoms with Crippen molar-refractivity contribution in [2.75, 3.05) is 19.6 Å². The number of primary amides is 1. The summed E-state index contributed by atoms with van der Waals surface area (Å²) >= 11 is 0. The van der Waals surface area contributed by atoms with Crippen molar-refractivity contribution in [2.24, 2.45) is 11.7 Å². The Bertz CT molecular complexity index is 425. The summed E-state index contributed by atoms with van der Waals surface area (Å²) in [5.74, 6) is -1.70. The fourth-order valence-corrected chi connectivity index (χ4v) is 2.83. The van der Waals surface area contributed by atoms with E-state index in [1.807, 2.05) is 0 Å². The number of aliphatic carboxylic acids is 1. The normalized spacial score (nSPS) is 30.7. The molecule has 3 amide bonds. The van der Waals surface area contributed by atoms with Crippen LogP contribution in [0.2, 0.25) is 0 Å². The molecule has 2 atom stereocenters. The summed E-state index contributed by atoms with van der Waals surface area (Å²) < 4.78 is 0. The number of hydrogen-bond acceptors (Lipinski definition) is 3. The zero-order valence-corrected chi connectivity index (χ0v) is 11.0. The number of urea groups is 1. The van der Waals surface area contributed by atoms with Gasteiger partial charge in [0.05, 0.1) is 5.92 Å². The van der Waals surface area contributed by atoms with Crippen molar-refractivity contribution in [2.45, 2.75) is 31.7 Å². The van der Waals surface area contributed by atoms with E-state index in [4.69, 9.17) is 5.73 Å². The smallest absolute Gasteiger partial charge is 0.329 e. The maximum atomic E-state index is 12.4. The van der Waals surface area contributed by atoms with Gasteiger partial charge in [-0.25, -0.2) is 9.59 Å². The number of nitrogens with zero attached hydrogens (tertiary/aromatic N) is 2. The van der Waals surface area contributed by atoms with Gasteiger partial charge in [0, 0.05) is 19.6 Å². The molecule has 2 aliphatic heterocycles. The Kier molecular flexibility index (Phi) is 3.38. The Morgan fingerprint density at radius 1 is 1.32 bits per heavy atom. The first-order valence-corrected chi connectivity index (χ1v) is 6.45. The van der Waals surface area contributed by atoms with E-state index in [2.05, 4.69) is 0 Å². The van der Waals surface area contributed by atoms with Crippen LogP contribution in [-0.4, -0.2) is 58.0 Å². The first-order chi connectivity index (χ1) is 8.86. The van der Waals surface area contributed by atoms with Gasteiger partial charge < -0.3 is 20.6 Å². The van der Waals surface area contributed by atoms with Crippen molar-refractivity contribution in [3.63, 3.8) is 0 Å². The summed E-state index contributed by atoms with van der Waals surface area (Å²) in [5, 5.41) is 9.29. The van der Waals surface area contributed by atoms with Crippen LogP contribution in [0.15, 0.2) is 0 Å². The van der Waals surface area contributed by atoms with Gasteiger partial charge in [0.15, 0.2) is 0 Å². The number of carboxylic acids is 1. The molecule has 2 fully saturated rings. The molecule has 0 spiro atoms. The zero-order chi connectivity index (χ0) is 14.2. The first-order valence-electron chi connectivity index (χ1n) is 6.45. The molecule has 7 heteroatoms. The monoisotopic (exact) mass is 269 g/mol. The molecule has 19 heavy (non-hydrogen) atoms. The molecule has 2 heterocycles. The van der Waals surface area contributed by atoms with Gasteiger partial charge in [0.2, 0.25) is 5.91 Å². The van der Waals surface area contributed by atoms with Gasteiger partial charge in [-0.3, -0.25) is 4.79 Å².